The predicted octanol–water partition coefficient (Wildman–Crippen LogP) is 0.594. The van der Waals surface area contributed by atoms with Gasteiger partial charge in [-0.05, 0) is 18.2 Å². The fourth-order valence-corrected chi connectivity index (χ4v) is 2.01. The molecule has 2 rings (SSSR count). The van der Waals surface area contributed by atoms with Gasteiger partial charge in [-0.25, -0.2) is 0 Å². The lowest BCUT2D eigenvalue weighted by Gasteiger charge is -2.21. The van der Waals surface area contributed by atoms with Crippen LogP contribution < -0.4 is 9.47 Å². The molecule has 0 aliphatic carbocycles. The summed E-state index contributed by atoms with van der Waals surface area (Å²) in [7, 11) is 2.48. The number of hydrogen-bond donors (Lipinski definition) is 0. The maximum atomic E-state index is 12.6. The van der Waals surface area contributed by atoms with Crippen LogP contribution in [-0.2, 0) is 19.1 Å². The minimum absolute atomic E-state index is 0.0240. The van der Waals surface area contributed by atoms with Gasteiger partial charge in [0.2, 0.25) is 6.79 Å². The lowest BCUT2D eigenvalue weighted by Crippen LogP contribution is -2.37. The monoisotopic (exact) mass is 323 g/mol. The fourth-order valence-electron chi connectivity index (χ4n) is 2.01. The lowest BCUT2D eigenvalue weighted by atomic mass is 10.1. The van der Waals surface area contributed by atoms with Crippen LogP contribution in [0.1, 0.15) is 16.8 Å². The van der Waals surface area contributed by atoms with Crippen molar-refractivity contribution in [2.75, 3.05) is 34.1 Å². The summed E-state index contributed by atoms with van der Waals surface area (Å²) < 4.78 is 19.5. The third-order valence-corrected chi connectivity index (χ3v) is 3.27. The Bertz CT molecular complexity index is 614. The Kier molecular flexibility index (Phi) is 5.40. The van der Waals surface area contributed by atoms with E-state index in [1.54, 1.807) is 12.1 Å². The Morgan fingerprint density at radius 3 is 2.48 bits per heavy atom. The van der Waals surface area contributed by atoms with Crippen molar-refractivity contribution in [1.82, 2.24) is 4.90 Å². The molecule has 0 atom stereocenters. The fraction of sp³-hybridized carbons (Fsp3) is 0.400. The van der Waals surface area contributed by atoms with Crippen molar-refractivity contribution < 1.29 is 33.3 Å². The summed E-state index contributed by atoms with van der Waals surface area (Å²) in [6, 6.07) is 4.72. The first-order valence-corrected chi connectivity index (χ1v) is 6.87. The molecule has 124 valence electrons. The van der Waals surface area contributed by atoms with Crippen molar-refractivity contribution in [2.24, 2.45) is 0 Å². The van der Waals surface area contributed by atoms with Gasteiger partial charge >= 0.3 is 11.9 Å². The standard InChI is InChI=1S/C15H17NO7/c1-20-13(17)5-6-16(8-14(18)21-2)15(19)10-3-4-11-12(7-10)23-9-22-11/h3-4,7H,5-6,8-9H2,1-2H3. The first-order valence-electron chi connectivity index (χ1n) is 6.87. The van der Waals surface area contributed by atoms with Crippen molar-refractivity contribution >= 4 is 17.8 Å². The van der Waals surface area contributed by atoms with Crippen LogP contribution in [-0.4, -0.2) is 56.8 Å². The topological polar surface area (TPSA) is 91.4 Å². The summed E-state index contributed by atoms with van der Waals surface area (Å²) in [6.07, 6.45) is -0.0240. The number of esters is 2. The molecule has 0 spiro atoms. The van der Waals surface area contributed by atoms with Gasteiger partial charge in [-0.1, -0.05) is 0 Å². The third kappa shape index (κ3) is 4.12. The molecule has 1 heterocycles. The van der Waals surface area contributed by atoms with Crippen molar-refractivity contribution in [1.29, 1.82) is 0 Å². The van der Waals surface area contributed by atoms with Crippen molar-refractivity contribution in [3.63, 3.8) is 0 Å². The molecule has 23 heavy (non-hydrogen) atoms. The zero-order chi connectivity index (χ0) is 16.8. The summed E-state index contributed by atoms with van der Waals surface area (Å²) in [5, 5.41) is 0. The van der Waals surface area contributed by atoms with Gasteiger partial charge in [0.25, 0.3) is 5.91 Å². The van der Waals surface area contributed by atoms with E-state index in [9.17, 15) is 14.4 Å². The Hall–Kier alpha value is -2.77. The highest BCUT2D eigenvalue weighted by molar-refractivity contribution is 5.96. The van der Waals surface area contributed by atoms with Gasteiger partial charge in [0, 0.05) is 12.1 Å². The molecule has 0 N–H and O–H groups in total. The zero-order valence-corrected chi connectivity index (χ0v) is 12.9. The van der Waals surface area contributed by atoms with Gasteiger partial charge in [0.15, 0.2) is 11.5 Å². The quantitative estimate of drug-likeness (QED) is 0.708. The molecule has 0 fully saturated rings. The van der Waals surface area contributed by atoms with E-state index in [2.05, 4.69) is 9.47 Å². The largest absolute Gasteiger partial charge is 0.469 e. The average Bonchev–Trinajstić information content (AvgIpc) is 3.04. The van der Waals surface area contributed by atoms with E-state index in [0.717, 1.165) is 0 Å². The molecule has 0 aromatic heterocycles. The number of ether oxygens (including phenoxy) is 4. The molecular formula is C15H17NO7. The predicted molar refractivity (Wildman–Crippen MR) is 77.1 cm³/mol. The number of nitrogens with zero attached hydrogens (tertiary/aromatic N) is 1. The minimum atomic E-state index is -0.580. The Labute approximate surface area is 132 Å². The second-order valence-corrected chi connectivity index (χ2v) is 4.70. The first-order chi connectivity index (χ1) is 11.0. The summed E-state index contributed by atoms with van der Waals surface area (Å²) in [5.74, 6) is -0.461. The van der Waals surface area contributed by atoms with Gasteiger partial charge < -0.3 is 23.8 Å². The number of fused-ring (bicyclic) bond motifs is 1. The molecule has 1 aromatic carbocycles. The van der Waals surface area contributed by atoms with E-state index in [0.29, 0.717) is 17.1 Å². The van der Waals surface area contributed by atoms with Crippen LogP contribution in [0.4, 0.5) is 0 Å². The number of hydrogen-bond acceptors (Lipinski definition) is 7. The molecule has 0 bridgehead atoms. The lowest BCUT2D eigenvalue weighted by molar-refractivity contribution is -0.143. The van der Waals surface area contributed by atoms with Crippen LogP contribution in [0.5, 0.6) is 11.5 Å². The van der Waals surface area contributed by atoms with Crippen molar-refractivity contribution in [2.45, 2.75) is 6.42 Å². The summed E-state index contributed by atoms with van der Waals surface area (Å²) in [5.41, 5.74) is 0.322. The molecule has 8 nitrogen and oxygen atoms in total. The first kappa shape index (κ1) is 16.6. The van der Waals surface area contributed by atoms with E-state index >= 15 is 0 Å². The van der Waals surface area contributed by atoms with Gasteiger partial charge in [0.05, 0.1) is 20.6 Å². The van der Waals surface area contributed by atoms with Crippen LogP contribution in [0.2, 0.25) is 0 Å². The highest BCUT2D eigenvalue weighted by atomic mass is 16.7. The molecule has 1 aromatic rings. The molecule has 1 amide bonds. The summed E-state index contributed by atoms with van der Waals surface area (Å²) >= 11 is 0. The third-order valence-electron chi connectivity index (χ3n) is 3.27. The van der Waals surface area contributed by atoms with Crippen LogP contribution in [0, 0.1) is 0 Å². The van der Waals surface area contributed by atoms with Crippen molar-refractivity contribution in [3.05, 3.63) is 23.8 Å². The maximum Gasteiger partial charge on any atom is 0.325 e. The average molecular weight is 323 g/mol. The molecule has 0 saturated heterocycles. The number of amides is 1. The maximum absolute atomic E-state index is 12.6. The van der Waals surface area contributed by atoms with E-state index in [4.69, 9.17) is 9.47 Å². The Morgan fingerprint density at radius 1 is 1.09 bits per heavy atom. The number of carbonyl (C=O) groups excluding carboxylic acids is 3. The van der Waals surface area contributed by atoms with Crippen LogP contribution in [0.3, 0.4) is 0 Å². The molecule has 8 heteroatoms. The molecule has 1 aliphatic rings. The number of benzene rings is 1. The molecule has 0 radical (unpaired) electrons. The molecule has 0 saturated carbocycles. The molecule has 1 aliphatic heterocycles. The zero-order valence-electron chi connectivity index (χ0n) is 12.9. The van der Waals surface area contributed by atoms with Crippen LogP contribution >= 0.6 is 0 Å². The van der Waals surface area contributed by atoms with Crippen LogP contribution in [0.15, 0.2) is 18.2 Å². The van der Waals surface area contributed by atoms with Gasteiger partial charge in [-0.15, -0.1) is 0 Å². The van der Waals surface area contributed by atoms with Crippen molar-refractivity contribution in [3.8, 4) is 11.5 Å². The van der Waals surface area contributed by atoms with Gasteiger partial charge in [-0.3, -0.25) is 14.4 Å². The van der Waals surface area contributed by atoms with E-state index in [1.807, 2.05) is 0 Å². The number of rotatable bonds is 6. The highest BCUT2D eigenvalue weighted by Crippen LogP contribution is 2.32. The second kappa shape index (κ2) is 7.48. The number of methoxy groups -OCH3 is 2. The summed E-state index contributed by atoms with van der Waals surface area (Å²) in [4.78, 5) is 36.5. The highest BCUT2D eigenvalue weighted by Gasteiger charge is 2.23. The molecular weight excluding hydrogens is 306 g/mol. The Balaban J connectivity index is 2.14. The minimum Gasteiger partial charge on any atom is -0.469 e. The number of carbonyl (C=O) groups is 3. The van der Waals surface area contributed by atoms with Gasteiger partial charge in [0.1, 0.15) is 6.54 Å². The SMILES string of the molecule is COC(=O)CCN(CC(=O)OC)C(=O)c1ccc2c(c1)OCO2. The van der Waals surface area contributed by atoms with Gasteiger partial charge in [-0.2, -0.15) is 0 Å². The van der Waals surface area contributed by atoms with Crippen LogP contribution in [0.25, 0.3) is 0 Å². The normalized spacial score (nSPS) is 11.7. The van der Waals surface area contributed by atoms with E-state index in [-0.39, 0.29) is 26.3 Å². The van der Waals surface area contributed by atoms with E-state index in [1.165, 1.54) is 25.2 Å². The summed E-state index contributed by atoms with van der Waals surface area (Å²) in [6.45, 7) is -0.128. The molecule has 0 unspecified atom stereocenters. The smallest absolute Gasteiger partial charge is 0.325 e. The van der Waals surface area contributed by atoms with E-state index < -0.39 is 17.8 Å². The second-order valence-electron chi connectivity index (χ2n) is 4.70. The Morgan fingerprint density at radius 2 is 1.78 bits per heavy atom.